The minimum absolute atomic E-state index is 0. The Hall–Kier alpha value is 0.690. The maximum Gasteiger partial charge on any atom is 1.00 e. The number of unbranched alkanes of at least 4 members (excludes halogenated alkanes) is 1. The van der Waals surface area contributed by atoms with Crippen molar-refractivity contribution in [2.45, 2.75) is 12.8 Å². The molecular weight excluding hydrogens is 237 g/mol. The zero-order valence-corrected chi connectivity index (χ0v) is 12.9. The van der Waals surface area contributed by atoms with Crippen LogP contribution in [0.25, 0.3) is 0 Å². The predicted octanol–water partition coefficient (Wildman–Crippen LogP) is -1.76. The van der Waals surface area contributed by atoms with Crippen molar-refractivity contribution in [2.24, 2.45) is 0 Å². The summed E-state index contributed by atoms with van der Waals surface area (Å²) >= 11 is 9.14. The molecule has 0 aromatic rings. The molecule has 1 heterocycles. The average molecular weight is 253 g/mol. The van der Waals surface area contributed by atoms with Crippen LogP contribution in [-0.2, 0) is 0 Å². The van der Waals surface area contributed by atoms with E-state index in [1.165, 1.54) is 0 Å². The van der Waals surface area contributed by atoms with Crippen molar-refractivity contribution in [2.75, 3.05) is 32.7 Å². The fourth-order valence-corrected chi connectivity index (χ4v) is 1.93. The second-order valence-corrected chi connectivity index (χ2v) is 4.49. The van der Waals surface area contributed by atoms with E-state index in [4.69, 9.17) is 17.5 Å². The van der Waals surface area contributed by atoms with Gasteiger partial charge in [-0.1, -0.05) is 12.2 Å². The molecule has 0 atom stereocenters. The number of rotatable bonds is 3. The number of piperazine rings is 1. The Balaban J connectivity index is 0. The second-order valence-electron chi connectivity index (χ2n) is 3.37. The van der Waals surface area contributed by atoms with Gasteiger partial charge in [0.2, 0.25) is 0 Å². The molecule has 0 unspecified atom stereocenters. The molecule has 0 radical (unpaired) electrons. The van der Waals surface area contributed by atoms with Gasteiger partial charge in [0, 0.05) is 32.6 Å². The van der Waals surface area contributed by atoms with Crippen molar-refractivity contribution in [1.29, 1.82) is 5.26 Å². The van der Waals surface area contributed by atoms with Crippen molar-refractivity contribution >= 4 is 29.2 Å². The Morgan fingerprint density at radius 1 is 1.40 bits per heavy atom. The van der Waals surface area contributed by atoms with Crippen LogP contribution in [0.2, 0.25) is 0 Å². The molecule has 1 aliphatic rings. The number of hydrogen-bond donors (Lipinski definition) is 1. The summed E-state index contributed by atoms with van der Waals surface area (Å²) in [5.74, 6) is 0. The first-order valence-corrected chi connectivity index (χ1v) is 5.67. The monoisotopic (exact) mass is 253 g/mol. The fraction of sp³-hybridized carbons (Fsp3) is 0.778. The molecule has 0 N–H and O–H groups in total. The molecule has 15 heavy (non-hydrogen) atoms. The van der Waals surface area contributed by atoms with E-state index in [-0.39, 0.29) is 31.0 Å². The van der Waals surface area contributed by atoms with Crippen molar-refractivity contribution in [3.63, 3.8) is 0 Å². The van der Waals surface area contributed by atoms with Crippen LogP contribution in [0.1, 0.15) is 14.3 Å². The van der Waals surface area contributed by atoms with Crippen LogP contribution in [0.4, 0.5) is 0 Å². The van der Waals surface area contributed by atoms with E-state index >= 15 is 0 Å². The molecule has 0 aliphatic carbocycles. The van der Waals surface area contributed by atoms with Gasteiger partial charge < -0.3 is 6.33 Å². The summed E-state index contributed by atoms with van der Waals surface area (Å²) in [6.07, 6.45) is 1.63. The van der Waals surface area contributed by atoms with Crippen LogP contribution in [-0.4, -0.2) is 46.8 Å². The molecule has 80 valence electrons. The molecule has 1 aliphatic heterocycles. The van der Waals surface area contributed by atoms with Gasteiger partial charge in [-0.2, -0.15) is 5.26 Å². The largest absolute Gasteiger partial charge is 1.00 e. The number of nitriles is 1. The summed E-state index contributed by atoms with van der Waals surface area (Å²) < 4.78 is 0.696. The maximum absolute atomic E-state index is 8.41. The summed E-state index contributed by atoms with van der Waals surface area (Å²) in [5.41, 5.74) is 0. The average Bonchev–Trinajstić information content (AvgIpc) is 2.19. The van der Waals surface area contributed by atoms with Gasteiger partial charge >= 0.3 is 29.6 Å². The minimum atomic E-state index is 0. The Morgan fingerprint density at radius 2 is 2.00 bits per heavy atom. The second kappa shape index (κ2) is 8.80. The Labute approximate surface area is 126 Å². The molecule has 0 spiro atoms. The van der Waals surface area contributed by atoms with Gasteiger partial charge in [0.15, 0.2) is 0 Å². The van der Waals surface area contributed by atoms with E-state index in [9.17, 15) is 0 Å². The van der Waals surface area contributed by atoms with Crippen molar-refractivity contribution < 1.29 is 31.0 Å². The minimum Gasteiger partial charge on any atom is -1.00 e. The Bertz CT molecular complexity index is 239. The predicted molar refractivity (Wildman–Crippen MR) is 65.6 cm³/mol. The topological polar surface area (TPSA) is 30.3 Å². The number of thiol groups is 1. The molecule has 0 saturated carbocycles. The van der Waals surface area contributed by atoms with E-state index < -0.39 is 0 Å². The third-order valence-corrected chi connectivity index (χ3v) is 2.95. The Morgan fingerprint density at radius 3 is 2.47 bits per heavy atom. The molecule has 6 heteroatoms. The third kappa shape index (κ3) is 6.10. The molecule has 1 rings (SSSR count). The van der Waals surface area contributed by atoms with E-state index in [1.54, 1.807) is 0 Å². The van der Waals surface area contributed by atoms with Crippen LogP contribution in [0.5, 0.6) is 0 Å². The number of nitrogens with zero attached hydrogens (tertiary/aromatic N) is 3. The summed E-state index contributed by atoms with van der Waals surface area (Å²) in [6, 6.07) is 2.16. The first-order valence-electron chi connectivity index (χ1n) is 4.81. The number of thiocarbonyl (C=S) groups is 1. The van der Waals surface area contributed by atoms with Crippen molar-refractivity contribution in [3.8, 4) is 6.07 Å². The van der Waals surface area contributed by atoms with E-state index in [0.717, 1.165) is 39.1 Å². The zero-order valence-electron chi connectivity index (χ0n) is 10.1. The molecule has 3 nitrogen and oxygen atoms in total. The van der Waals surface area contributed by atoms with E-state index in [1.807, 2.05) is 0 Å². The summed E-state index contributed by atoms with van der Waals surface area (Å²) in [6.45, 7) is 5.03. The smallest absolute Gasteiger partial charge is 1.00 e. The molecule has 0 aromatic carbocycles. The van der Waals surface area contributed by atoms with Gasteiger partial charge in [-0.3, -0.25) is 4.90 Å². The van der Waals surface area contributed by atoms with Crippen molar-refractivity contribution in [1.82, 2.24) is 9.80 Å². The third-order valence-electron chi connectivity index (χ3n) is 2.41. The summed E-state index contributed by atoms with van der Waals surface area (Å²) in [4.78, 5) is 4.49. The molecule has 1 saturated heterocycles. The SMILES string of the molecule is N#CCCCN1CCN(C(=S)S)CC1.[H-].[Na+]. The van der Waals surface area contributed by atoms with Gasteiger partial charge in [0.25, 0.3) is 0 Å². The first kappa shape index (κ1) is 15.7. The zero-order chi connectivity index (χ0) is 10.4. The molecule has 0 amide bonds. The van der Waals surface area contributed by atoms with Gasteiger partial charge in [-0.25, -0.2) is 0 Å². The molecule has 0 aromatic heterocycles. The molecular formula is C9H16N3NaS2. The fourth-order valence-electron chi connectivity index (χ4n) is 1.54. The van der Waals surface area contributed by atoms with Crippen LogP contribution >= 0.6 is 24.8 Å². The van der Waals surface area contributed by atoms with Gasteiger partial charge in [0.1, 0.15) is 4.32 Å². The first-order chi connectivity index (χ1) is 6.74. The molecule has 0 bridgehead atoms. The van der Waals surface area contributed by atoms with Gasteiger partial charge in [-0.05, 0) is 13.0 Å². The van der Waals surface area contributed by atoms with E-state index in [0.29, 0.717) is 10.7 Å². The summed E-state index contributed by atoms with van der Waals surface area (Å²) in [7, 11) is 0. The maximum atomic E-state index is 8.41. The van der Waals surface area contributed by atoms with Crippen LogP contribution in [0.15, 0.2) is 0 Å². The number of hydrogen-bond acceptors (Lipinski definition) is 3. The van der Waals surface area contributed by atoms with Gasteiger partial charge in [0.05, 0.1) is 6.07 Å². The van der Waals surface area contributed by atoms with E-state index in [2.05, 4.69) is 28.5 Å². The quantitative estimate of drug-likeness (QED) is 0.279. The molecule has 1 fully saturated rings. The standard InChI is InChI=1S/C9H15N3S2.Na.H/c10-3-1-2-4-11-5-7-12(8-6-11)9(13)14;;/h1-2,4-8H2,(H,13,14);;/q;+1;-1. The summed E-state index contributed by atoms with van der Waals surface area (Å²) in [5, 5.41) is 8.41. The van der Waals surface area contributed by atoms with Crippen LogP contribution < -0.4 is 29.6 Å². The van der Waals surface area contributed by atoms with Crippen LogP contribution in [0.3, 0.4) is 0 Å². The Kier molecular flexibility index (Phi) is 9.20. The van der Waals surface area contributed by atoms with Crippen LogP contribution in [0, 0.1) is 11.3 Å². The van der Waals surface area contributed by atoms with Gasteiger partial charge in [-0.15, -0.1) is 12.6 Å². The van der Waals surface area contributed by atoms with Crippen molar-refractivity contribution in [3.05, 3.63) is 0 Å². The normalized spacial score (nSPS) is 16.7.